The van der Waals surface area contributed by atoms with Crippen LogP contribution >= 0.6 is 0 Å². The number of fused-ring (bicyclic) bond motifs is 1. The number of imidazole rings is 1. The Bertz CT molecular complexity index is 771. The molecule has 4 rings (SSSR count). The number of piperidine rings is 1. The zero-order valence-electron chi connectivity index (χ0n) is 12.6. The molecule has 0 saturated carbocycles. The number of aromatic nitrogens is 3. The molecule has 3 aromatic heterocycles. The standard InChI is InChI=1S/C18H20N4/c1-2-11-22-17(13-20-18(22)6-1)16-5-3-4-15(21-16)12-14-7-9-19-10-8-14/h1-6,11,13-14,19H,7-10,12H2. The Balaban J connectivity index is 1.63. The molecule has 1 fully saturated rings. The predicted molar refractivity (Wildman–Crippen MR) is 87.7 cm³/mol. The fraction of sp³-hybridized carbons (Fsp3) is 0.333. The van der Waals surface area contributed by atoms with E-state index in [1.165, 1.54) is 18.5 Å². The van der Waals surface area contributed by atoms with E-state index in [1.807, 2.05) is 30.6 Å². The highest BCUT2D eigenvalue weighted by molar-refractivity contribution is 5.60. The molecule has 0 atom stereocenters. The average molecular weight is 292 g/mol. The second kappa shape index (κ2) is 5.89. The lowest BCUT2D eigenvalue weighted by molar-refractivity contribution is 0.370. The van der Waals surface area contributed by atoms with E-state index in [4.69, 9.17) is 4.98 Å². The van der Waals surface area contributed by atoms with Crippen LogP contribution in [0.4, 0.5) is 0 Å². The summed E-state index contributed by atoms with van der Waals surface area (Å²) in [5, 5.41) is 3.42. The van der Waals surface area contributed by atoms with E-state index in [9.17, 15) is 0 Å². The Hall–Kier alpha value is -2.20. The van der Waals surface area contributed by atoms with Gasteiger partial charge in [-0.15, -0.1) is 0 Å². The molecule has 1 saturated heterocycles. The van der Waals surface area contributed by atoms with Crippen LogP contribution in [0.1, 0.15) is 18.5 Å². The summed E-state index contributed by atoms with van der Waals surface area (Å²) in [5.41, 5.74) is 4.21. The van der Waals surface area contributed by atoms with E-state index in [2.05, 4.69) is 32.9 Å². The van der Waals surface area contributed by atoms with Crippen molar-refractivity contribution in [1.82, 2.24) is 19.7 Å². The first-order valence-corrected chi connectivity index (χ1v) is 7.99. The molecule has 0 bridgehead atoms. The van der Waals surface area contributed by atoms with Crippen LogP contribution in [0.2, 0.25) is 0 Å². The van der Waals surface area contributed by atoms with Crippen molar-refractivity contribution in [3.05, 3.63) is 54.5 Å². The Kier molecular flexibility index (Phi) is 3.60. The van der Waals surface area contributed by atoms with E-state index < -0.39 is 0 Å². The van der Waals surface area contributed by atoms with Crippen LogP contribution in [0.5, 0.6) is 0 Å². The van der Waals surface area contributed by atoms with Crippen molar-refractivity contribution < 1.29 is 0 Å². The van der Waals surface area contributed by atoms with Gasteiger partial charge in [-0.25, -0.2) is 4.98 Å². The molecule has 0 spiro atoms. The molecule has 1 N–H and O–H groups in total. The molecule has 0 radical (unpaired) electrons. The van der Waals surface area contributed by atoms with Crippen molar-refractivity contribution in [1.29, 1.82) is 0 Å². The third-order valence-electron chi connectivity index (χ3n) is 4.44. The van der Waals surface area contributed by atoms with E-state index in [1.54, 1.807) is 0 Å². The second-order valence-electron chi connectivity index (χ2n) is 5.98. The molecule has 3 aromatic rings. The summed E-state index contributed by atoms with van der Waals surface area (Å²) in [4.78, 5) is 9.33. The summed E-state index contributed by atoms with van der Waals surface area (Å²) in [5.74, 6) is 0.756. The van der Waals surface area contributed by atoms with Crippen LogP contribution in [0.25, 0.3) is 17.0 Å². The minimum absolute atomic E-state index is 0.756. The maximum Gasteiger partial charge on any atom is 0.137 e. The minimum Gasteiger partial charge on any atom is -0.317 e. The lowest BCUT2D eigenvalue weighted by Crippen LogP contribution is -2.28. The topological polar surface area (TPSA) is 42.2 Å². The molecular weight excluding hydrogens is 272 g/mol. The molecule has 0 aromatic carbocycles. The maximum absolute atomic E-state index is 4.88. The van der Waals surface area contributed by atoms with Gasteiger partial charge in [-0.3, -0.25) is 9.38 Å². The number of rotatable bonds is 3. The fourth-order valence-corrected chi connectivity index (χ4v) is 3.24. The van der Waals surface area contributed by atoms with Crippen molar-refractivity contribution >= 4 is 5.65 Å². The molecule has 4 heteroatoms. The Labute approximate surface area is 130 Å². The first-order chi connectivity index (χ1) is 10.9. The lowest BCUT2D eigenvalue weighted by atomic mass is 9.93. The van der Waals surface area contributed by atoms with Crippen molar-refractivity contribution in [2.24, 2.45) is 5.92 Å². The lowest BCUT2D eigenvalue weighted by Gasteiger charge is -2.22. The highest BCUT2D eigenvalue weighted by atomic mass is 15.0. The van der Waals surface area contributed by atoms with Crippen LogP contribution in [0.3, 0.4) is 0 Å². The zero-order valence-corrected chi connectivity index (χ0v) is 12.6. The highest BCUT2D eigenvalue weighted by Crippen LogP contribution is 2.21. The largest absolute Gasteiger partial charge is 0.317 e. The fourth-order valence-electron chi connectivity index (χ4n) is 3.24. The van der Waals surface area contributed by atoms with Crippen molar-refractivity contribution in [3.8, 4) is 11.4 Å². The number of nitrogens with zero attached hydrogens (tertiary/aromatic N) is 3. The third-order valence-corrected chi connectivity index (χ3v) is 4.44. The van der Waals surface area contributed by atoms with Gasteiger partial charge in [-0.05, 0) is 62.5 Å². The molecule has 1 aliphatic heterocycles. The molecule has 4 nitrogen and oxygen atoms in total. The molecule has 112 valence electrons. The monoisotopic (exact) mass is 292 g/mol. The highest BCUT2D eigenvalue weighted by Gasteiger charge is 2.15. The van der Waals surface area contributed by atoms with Gasteiger partial charge in [0.1, 0.15) is 5.65 Å². The average Bonchev–Trinajstić information content (AvgIpc) is 3.00. The maximum atomic E-state index is 4.88. The van der Waals surface area contributed by atoms with Gasteiger partial charge in [-0.1, -0.05) is 12.1 Å². The van der Waals surface area contributed by atoms with Gasteiger partial charge in [0, 0.05) is 11.9 Å². The molecule has 0 aliphatic carbocycles. The molecule has 0 unspecified atom stereocenters. The summed E-state index contributed by atoms with van der Waals surface area (Å²) in [7, 11) is 0. The van der Waals surface area contributed by atoms with Gasteiger partial charge in [0.2, 0.25) is 0 Å². The van der Waals surface area contributed by atoms with E-state index >= 15 is 0 Å². The van der Waals surface area contributed by atoms with Crippen molar-refractivity contribution in [2.75, 3.05) is 13.1 Å². The quantitative estimate of drug-likeness (QED) is 0.807. The molecule has 0 amide bonds. The SMILES string of the molecule is c1cc(CC2CCNCC2)nc(-c2cnc3ccccn23)c1. The summed E-state index contributed by atoms with van der Waals surface area (Å²) >= 11 is 0. The zero-order chi connectivity index (χ0) is 14.8. The first kappa shape index (κ1) is 13.5. The molecule has 22 heavy (non-hydrogen) atoms. The smallest absolute Gasteiger partial charge is 0.137 e. The van der Waals surface area contributed by atoms with Crippen molar-refractivity contribution in [3.63, 3.8) is 0 Å². The van der Waals surface area contributed by atoms with Gasteiger partial charge < -0.3 is 5.32 Å². The second-order valence-corrected chi connectivity index (χ2v) is 5.98. The number of nitrogens with one attached hydrogen (secondary N) is 1. The number of hydrogen-bond acceptors (Lipinski definition) is 3. The van der Waals surface area contributed by atoms with Gasteiger partial charge in [0.05, 0.1) is 17.6 Å². The molecular formula is C18H20N4. The Morgan fingerprint density at radius 1 is 1.09 bits per heavy atom. The minimum atomic E-state index is 0.756. The Morgan fingerprint density at radius 2 is 2.00 bits per heavy atom. The van der Waals surface area contributed by atoms with Crippen LogP contribution < -0.4 is 5.32 Å². The molecule has 4 heterocycles. The summed E-state index contributed by atoms with van der Waals surface area (Å²) in [6, 6.07) is 12.4. The number of hydrogen-bond donors (Lipinski definition) is 1. The van der Waals surface area contributed by atoms with Crippen LogP contribution in [0.15, 0.2) is 48.8 Å². The van der Waals surface area contributed by atoms with E-state index in [0.717, 1.165) is 42.5 Å². The summed E-state index contributed by atoms with van der Waals surface area (Å²) in [6.45, 7) is 2.27. The Morgan fingerprint density at radius 3 is 2.91 bits per heavy atom. The van der Waals surface area contributed by atoms with Gasteiger partial charge in [0.25, 0.3) is 0 Å². The van der Waals surface area contributed by atoms with Crippen LogP contribution in [-0.4, -0.2) is 27.5 Å². The summed E-state index contributed by atoms with van der Waals surface area (Å²) < 4.78 is 2.09. The van der Waals surface area contributed by atoms with Gasteiger partial charge >= 0.3 is 0 Å². The van der Waals surface area contributed by atoms with E-state index in [0.29, 0.717) is 0 Å². The first-order valence-electron chi connectivity index (χ1n) is 7.99. The third kappa shape index (κ3) is 2.62. The number of pyridine rings is 2. The van der Waals surface area contributed by atoms with Gasteiger partial charge in [-0.2, -0.15) is 0 Å². The summed E-state index contributed by atoms with van der Waals surface area (Å²) in [6.07, 6.45) is 7.53. The normalized spacial score (nSPS) is 16.2. The van der Waals surface area contributed by atoms with Crippen molar-refractivity contribution in [2.45, 2.75) is 19.3 Å². The molecule has 1 aliphatic rings. The van der Waals surface area contributed by atoms with Crippen LogP contribution in [-0.2, 0) is 6.42 Å². The predicted octanol–water partition coefficient (Wildman–Crippen LogP) is 2.94. The van der Waals surface area contributed by atoms with Crippen LogP contribution in [0, 0.1) is 5.92 Å². The van der Waals surface area contributed by atoms with Gasteiger partial charge in [0.15, 0.2) is 0 Å². The van der Waals surface area contributed by atoms with E-state index in [-0.39, 0.29) is 0 Å².